The van der Waals surface area contributed by atoms with Crippen LogP contribution in [0.3, 0.4) is 0 Å². The van der Waals surface area contributed by atoms with Crippen molar-refractivity contribution in [2.24, 2.45) is 5.92 Å². The molecule has 86 valence electrons. The Morgan fingerprint density at radius 1 is 1.27 bits per heavy atom. The Bertz CT molecular complexity index is 224. The van der Waals surface area contributed by atoms with Gasteiger partial charge in [-0.2, -0.15) is 0 Å². The summed E-state index contributed by atoms with van der Waals surface area (Å²) in [7, 11) is 2.08. The molecule has 2 aliphatic rings. The van der Waals surface area contributed by atoms with E-state index in [1.54, 1.807) is 0 Å². The first kappa shape index (κ1) is 11.1. The molecule has 1 atom stereocenters. The van der Waals surface area contributed by atoms with Crippen LogP contribution in [0.4, 0.5) is 0 Å². The first-order chi connectivity index (χ1) is 7.29. The minimum Gasteiger partial charge on any atom is -0.313 e. The molecule has 2 rings (SSSR count). The van der Waals surface area contributed by atoms with Gasteiger partial charge in [0.05, 0.1) is 6.04 Å². The fraction of sp³-hybridized carbons (Fsp3) is 0.917. The number of nitrogens with zero attached hydrogens (tertiary/aromatic N) is 1. The van der Waals surface area contributed by atoms with Gasteiger partial charge in [-0.05, 0) is 19.9 Å². The maximum atomic E-state index is 12.3. The van der Waals surface area contributed by atoms with Crippen molar-refractivity contribution in [1.82, 2.24) is 10.2 Å². The second kappa shape index (κ2) is 5.08. The van der Waals surface area contributed by atoms with Crippen LogP contribution in [0.1, 0.15) is 32.1 Å². The molecule has 15 heavy (non-hydrogen) atoms. The van der Waals surface area contributed by atoms with E-state index >= 15 is 0 Å². The molecule has 0 radical (unpaired) electrons. The van der Waals surface area contributed by atoms with Gasteiger partial charge >= 0.3 is 0 Å². The Morgan fingerprint density at radius 2 is 2.00 bits per heavy atom. The van der Waals surface area contributed by atoms with Crippen molar-refractivity contribution >= 4 is 5.78 Å². The van der Waals surface area contributed by atoms with Crippen molar-refractivity contribution in [1.29, 1.82) is 0 Å². The van der Waals surface area contributed by atoms with E-state index in [4.69, 9.17) is 0 Å². The molecule has 1 N–H and O–H groups in total. The average Bonchev–Trinajstić information content (AvgIpc) is 2.30. The lowest BCUT2D eigenvalue weighted by atomic mass is 9.83. The number of ketones is 1. The first-order valence-corrected chi connectivity index (χ1v) is 6.23. The minimum atomic E-state index is 0.141. The van der Waals surface area contributed by atoms with Gasteiger partial charge in [-0.1, -0.05) is 19.3 Å². The van der Waals surface area contributed by atoms with Crippen molar-refractivity contribution < 1.29 is 4.79 Å². The van der Waals surface area contributed by atoms with Crippen LogP contribution >= 0.6 is 0 Å². The van der Waals surface area contributed by atoms with E-state index in [2.05, 4.69) is 17.3 Å². The summed E-state index contributed by atoms with van der Waals surface area (Å²) >= 11 is 0. The van der Waals surface area contributed by atoms with Gasteiger partial charge in [0.15, 0.2) is 5.78 Å². The predicted molar refractivity (Wildman–Crippen MR) is 60.9 cm³/mol. The van der Waals surface area contributed by atoms with Gasteiger partial charge in [0.2, 0.25) is 0 Å². The maximum Gasteiger partial charge on any atom is 0.154 e. The highest BCUT2D eigenvalue weighted by Gasteiger charge is 2.31. The Morgan fingerprint density at radius 3 is 2.67 bits per heavy atom. The van der Waals surface area contributed by atoms with Gasteiger partial charge in [0, 0.05) is 25.6 Å². The topological polar surface area (TPSA) is 32.3 Å². The van der Waals surface area contributed by atoms with Gasteiger partial charge in [-0.15, -0.1) is 0 Å². The second-order valence-electron chi connectivity index (χ2n) is 4.94. The number of carbonyl (C=O) groups excluding carboxylic acids is 1. The van der Waals surface area contributed by atoms with Crippen LogP contribution in [0, 0.1) is 5.92 Å². The van der Waals surface area contributed by atoms with E-state index in [-0.39, 0.29) is 6.04 Å². The number of nitrogens with one attached hydrogen (secondary N) is 1. The van der Waals surface area contributed by atoms with Crippen molar-refractivity contribution in [2.45, 2.75) is 38.1 Å². The lowest BCUT2D eigenvalue weighted by Gasteiger charge is -2.35. The predicted octanol–water partition coefficient (Wildman–Crippen LogP) is 1.04. The van der Waals surface area contributed by atoms with Crippen LogP contribution in [-0.2, 0) is 4.79 Å². The summed E-state index contributed by atoms with van der Waals surface area (Å²) in [6, 6.07) is 0.141. The quantitative estimate of drug-likeness (QED) is 0.739. The summed E-state index contributed by atoms with van der Waals surface area (Å²) in [6.07, 6.45) is 6.08. The summed E-state index contributed by atoms with van der Waals surface area (Å²) in [5.41, 5.74) is 0. The number of hydrogen-bond acceptors (Lipinski definition) is 3. The Hall–Kier alpha value is -0.410. The molecule has 1 aliphatic heterocycles. The Balaban J connectivity index is 1.92. The molecular formula is C12H22N2O. The summed E-state index contributed by atoms with van der Waals surface area (Å²) in [4.78, 5) is 14.5. The van der Waals surface area contributed by atoms with Crippen LogP contribution in [0.25, 0.3) is 0 Å². The molecule has 3 nitrogen and oxygen atoms in total. The molecule has 0 amide bonds. The third-order valence-corrected chi connectivity index (χ3v) is 3.85. The fourth-order valence-corrected chi connectivity index (χ4v) is 2.78. The molecule has 2 fully saturated rings. The standard InChI is InChI=1S/C12H22N2O/c1-14-8-7-13-9-11(14)12(15)10-5-3-2-4-6-10/h10-11,13H,2-9H2,1H3. The smallest absolute Gasteiger partial charge is 0.154 e. The highest BCUT2D eigenvalue weighted by molar-refractivity contribution is 5.86. The number of rotatable bonds is 2. The highest BCUT2D eigenvalue weighted by atomic mass is 16.1. The molecule has 0 aromatic carbocycles. The Labute approximate surface area is 92.2 Å². The first-order valence-electron chi connectivity index (χ1n) is 6.23. The zero-order valence-corrected chi connectivity index (χ0v) is 9.67. The molecule has 1 saturated carbocycles. The lowest BCUT2D eigenvalue weighted by molar-refractivity contribution is -0.129. The zero-order valence-electron chi connectivity index (χ0n) is 9.67. The number of likely N-dealkylation sites (N-methyl/N-ethyl adjacent to an activating group) is 1. The minimum absolute atomic E-state index is 0.141. The normalized spacial score (nSPS) is 30.3. The van der Waals surface area contributed by atoms with Gasteiger partial charge in [0.1, 0.15) is 0 Å². The molecule has 0 aromatic rings. The van der Waals surface area contributed by atoms with E-state index in [9.17, 15) is 4.79 Å². The lowest BCUT2D eigenvalue weighted by Crippen LogP contribution is -2.54. The third-order valence-electron chi connectivity index (χ3n) is 3.85. The molecule has 0 aromatic heterocycles. The zero-order chi connectivity index (χ0) is 10.7. The highest BCUT2D eigenvalue weighted by Crippen LogP contribution is 2.26. The van der Waals surface area contributed by atoms with Crippen LogP contribution in [-0.4, -0.2) is 43.4 Å². The third kappa shape index (κ3) is 2.58. The van der Waals surface area contributed by atoms with Crippen LogP contribution in [0.15, 0.2) is 0 Å². The number of Topliss-reactive ketones (excluding diaryl/α,β-unsaturated/α-hetero) is 1. The van der Waals surface area contributed by atoms with Crippen molar-refractivity contribution in [3.05, 3.63) is 0 Å². The van der Waals surface area contributed by atoms with Gasteiger partial charge in [-0.3, -0.25) is 9.69 Å². The van der Waals surface area contributed by atoms with E-state index in [0.29, 0.717) is 11.7 Å². The van der Waals surface area contributed by atoms with Crippen LogP contribution < -0.4 is 5.32 Å². The fourth-order valence-electron chi connectivity index (χ4n) is 2.78. The molecule has 0 bridgehead atoms. The average molecular weight is 210 g/mol. The monoisotopic (exact) mass is 210 g/mol. The largest absolute Gasteiger partial charge is 0.313 e. The molecule has 1 saturated heterocycles. The molecule has 3 heteroatoms. The van der Waals surface area contributed by atoms with Crippen LogP contribution in [0.2, 0.25) is 0 Å². The second-order valence-corrected chi connectivity index (χ2v) is 4.94. The molecule has 1 aliphatic carbocycles. The SMILES string of the molecule is CN1CCNCC1C(=O)C1CCCCC1. The summed E-state index contributed by atoms with van der Waals surface area (Å²) in [5, 5.41) is 3.32. The molecule has 1 unspecified atom stereocenters. The van der Waals surface area contributed by atoms with Crippen molar-refractivity contribution in [2.75, 3.05) is 26.7 Å². The number of carbonyl (C=O) groups is 1. The summed E-state index contributed by atoms with van der Waals surface area (Å²) in [6.45, 7) is 2.87. The van der Waals surface area contributed by atoms with Crippen molar-refractivity contribution in [3.8, 4) is 0 Å². The van der Waals surface area contributed by atoms with E-state index in [1.807, 2.05) is 0 Å². The molecular weight excluding hydrogens is 188 g/mol. The van der Waals surface area contributed by atoms with Gasteiger partial charge in [0.25, 0.3) is 0 Å². The van der Waals surface area contributed by atoms with Crippen molar-refractivity contribution in [3.63, 3.8) is 0 Å². The summed E-state index contributed by atoms with van der Waals surface area (Å²) < 4.78 is 0. The van der Waals surface area contributed by atoms with E-state index in [1.165, 1.54) is 19.3 Å². The number of piperazine rings is 1. The van der Waals surface area contributed by atoms with Crippen LogP contribution in [0.5, 0.6) is 0 Å². The van der Waals surface area contributed by atoms with Gasteiger partial charge in [-0.25, -0.2) is 0 Å². The van der Waals surface area contributed by atoms with E-state index < -0.39 is 0 Å². The Kier molecular flexibility index (Phi) is 3.76. The molecule has 0 spiro atoms. The van der Waals surface area contributed by atoms with E-state index in [0.717, 1.165) is 32.5 Å². The summed E-state index contributed by atoms with van der Waals surface area (Å²) in [5.74, 6) is 0.843. The maximum absolute atomic E-state index is 12.3. The number of hydrogen-bond donors (Lipinski definition) is 1. The van der Waals surface area contributed by atoms with Gasteiger partial charge < -0.3 is 5.32 Å². The molecule has 1 heterocycles.